The lowest BCUT2D eigenvalue weighted by Gasteiger charge is -2.36. The number of hydrogen-bond acceptors (Lipinski definition) is 4. The third kappa shape index (κ3) is 5.26. The molecule has 1 aliphatic rings. The van der Waals surface area contributed by atoms with E-state index in [1.807, 2.05) is 14.0 Å². The Labute approximate surface area is 130 Å². The van der Waals surface area contributed by atoms with E-state index in [-0.39, 0.29) is 5.97 Å². The average Bonchev–Trinajstić information content (AvgIpc) is 3.32. The van der Waals surface area contributed by atoms with Crippen molar-refractivity contribution in [3.8, 4) is 0 Å². The van der Waals surface area contributed by atoms with Gasteiger partial charge in [0.25, 0.3) is 0 Å². The molecule has 0 aromatic carbocycles. The maximum absolute atomic E-state index is 12.5. The number of hydrogen-bond donors (Lipinski definition) is 1. The van der Waals surface area contributed by atoms with Gasteiger partial charge in [-0.05, 0) is 58.7 Å². The SMILES string of the molecule is CCCCN(CCCC)CC(NC)(C(=O)OCC)C1CC1. The molecular formula is C17H34N2O2. The van der Waals surface area contributed by atoms with Gasteiger partial charge in [-0.3, -0.25) is 0 Å². The first-order chi connectivity index (χ1) is 10.1. The van der Waals surface area contributed by atoms with Gasteiger partial charge in [0.05, 0.1) is 6.61 Å². The highest BCUT2D eigenvalue weighted by Gasteiger charge is 2.51. The van der Waals surface area contributed by atoms with Crippen molar-refractivity contribution in [3.05, 3.63) is 0 Å². The topological polar surface area (TPSA) is 41.6 Å². The molecule has 0 heterocycles. The van der Waals surface area contributed by atoms with Crippen LogP contribution >= 0.6 is 0 Å². The summed E-state index contributed by atoms with van der Waals surface area (Å²) in [6.45, 7) is 9.71. The molecule has 0 amide bonds. The summed E-state index contributed by atoms with van der Waals surface area (Å²) in [5.41, 5.74) is -0.502. The van der Waals surface area contributed by atoms with Crippen LogP contribution in [0.1, 0.15) is 59.3 Å². The Balaban J connectivity index is 2.77. The normalized spacial score (nSPS) is 17.8. The molecule has 0 saturated heterocycles. The van der Waals surface area contributed by atoms with Crippen LogP contribution in [0.25, 0.3) is 0 Å². The molecular weight excluding hydrogens is 264 g/mol. The second-order valence-electron chi connectivity index (χ2n) is 6.20. The van der Waals surface area contributed by atoms with Crippen LogP contribution in [0.2, 0.25) is 0 Å². The molecule has 1 unspecified atom stereocenters. The monoisotopic (exact) mass is 298 g/mol. The number of unbranched alkanes of at least 4 members (excludes halogenated alkanes) is 2. The third-order valence-electron chi connectivity index (χ3n) is 4.49. The third-order valence-corrected chi connectivity index (χ3v) is 4.49. The van der Waals surface area contributed by atoms with Gasteiger partial charge >= 0.3 is 5.97 Å². The number of nitrogens with one attached hydrogen (secondary N) is 1. The fraction of sp³-hybridized carbons (Fsp3) is 0.941. The van der Waals surface area contributed by atoms with Gasteiger partial charge in [0.15, 0.2) is 0 Å². The maximum atomic E-state index is 12.5. The number of nitrogens with zero attached hydrogens (tertiary/aromatic N) is 1. The zero-order chi connectivity index (χ0) is 15.7. The minimum Gasteiger partial charge on any atom is -0.465 e. The van der Waals surface area contributed by atoms with E-state index in [4.69, 9.17) is 4.74 Å². The summed E-state index contributed by atoms with van der Waals surface area (Å²) in [7, 11) is 1.91. The summed E-state index contributed by atoms with van der Waals surface area (Å²) in [5, 5.41) is 3.33. The smallest absolute Gasteiger partial charge is 0.327 e. The number of carbonyl (C=O) groups excluding carboxylic acids is 1. The highest BCUT2D eigenvalue weighted by molar-refractivity contribution is 5.82. The second kappa shape index (κ2) is 9.42. The highest BCUT2D eigenvalue weighted by atomic mass is 16.5. The van der Waals surface area contributed by atoms with Gasteiger partial charge in [-0.2, -0.15) is 0 Å². The molecule has 4 nitrogen and oxygen atoms in total. The number of ether oxygens (including phenoxy) is 1. The second-order valence-corrected chi connectivity index (χ2v) is 6.20. The quantitative estimate of drug-likeness (QED) is 0.563. The molecule has 0 spiro atoms. The van der Waals surface area contributed by atoms with E-state index < -0.39 is 5.54 Å². The summed E-state index contributed by atoms with van der Waals surface area (Å²) in [6, 6.07) is 0. The molecule has 0 aliphatic heterocycles. The van der Waals surface area contributed by atoms with Gasteiger partial charge in [-0.15, -0.1) is 0 Å². The molecule has 124 valence electrons. The number of carbonyl (C=O) groups is 1. The van der Waals surface area contributed by atoms with Gasteiger partial charge in [0.1, 0.15) is 5.54 Å². The largest absolute Gasteiger partial charge is 0.465 e. The molecule has 0 aromatic heterocycles. The van der Waals surface area contributed by atoms with Gasteiger partial charge in [-0.25, -0.2) is 4.79 Å². The average molecular weight is 298 g/mol. The zero-order valence-electron chi connectivity index (χ0n) is 14.4. The fourth-order valence-corrected chi connectivity index (χ4v) is 2.97. The molecule has 0 aromatic rings. The fourth-order valence-electron chi connectivity index (χ4n) is 2.97. The summed E-state index contributed by atoms with van der Waals surface area (Å²) in [5.74, 6) is 0.375. The number of likely N-dealkylation sites (N-methyl/N-ethyl adjacent to an activating group) is 1. The Bertz CT molecular complexity index is 297. The van der Waals surface area contributed by atoms with Crippen LogP contribution in [0, 0.1) is 5.92 Å². The van der Waals surface area contributed by atoms with E-state index in [9.17, 15) is 4.79 Å². The van der Waals surface area contributed by atoms with Crippen LogP contribution in [0.3, 0.4) is 0 Å². The summed E-state index contributed by atoms with van der Waals surface area (Å²) in [6.07, 6.45) is 7.04. The first kappa shape index (κ1) is 18.4. The molecule has 1 saturated carbocycles. The van der Waals surface area contributed by atoms with E-state index in [0.29, 0.717) is 12.5 Å². The molecule has 0 radical (unpaired) electrons. The molecule has 0 bridgehead atoms. The Hall–Kier alpha value is -0.610. The van der Waals surface area contributed by atoms with Gasteiger partial charge in [0, 0.05) is 6.54 Å². The lowest BCUT2D eigenvalue weighted by molar-refractivity contribution is -0.153. The van der Waals surface area contributed by atoms with E-state index >= 15 is 0 Å². The van der Waals surface area contributed by atoms with Crippen molar-refractivity contribution >= 4 is 5.97 Å². The molecule has 1 rings (SSSR count). The summed E-state index contributed by atoms with van der Waals surface area (Å²) < 4.78 is 5.38. The number of esters is 1. The van der Waals surface area contributed by atoms with E-state index in [2.05, 4.69) is 24.1 Å². The zero-order valence-corrected chi connectivity index (χ0v) is 14.4. The van der Waals surface area contributed by atoms with Crippen LogP contribution in [0.15, 0.2) is 0 Å². The minimum atomic E-state index is -0.502. The van der Waals surface area contributed by atoms with Crippen molar-refractivity contribution in [2.45, 2.75) is 64.8 Å². The molecule has 1 aliphatic carbocycles. The molecule has 1 N–H and O–H groups in total. The molecule has 4 heteroatoms. The van der Waals surface area contributed by atoms with Crippen LogP contribution in [-0.4, -0.2) is 49.7 Å². The lowest BCUT2D eigenvalue weighted by atomic mass is 9.92. The summed E-state index contributed by atoms with van der Waals surface area (Å²) in [4.78, 5) is 15.0. The molecule has 21 heavy (non-hydrogen) atoms. The first-order valence-electron chi connectivity index (χ1n) is 8.73. The van der Waals surface area contributed by atoms with Crippen LogP contribution in [0.5, 0.6) is 0 Å². The van der Waals surface area contributed by atoms with Crippen molar-refractivity contribution in [2.75, 3.05) is 33.3 Å². The van der Waals surface area contributed by atoms with E-state index in [1.165, 1.54) is 25.7 Å². The van der Waals surface area contributed by atoms with Crippen molar-refractivity contribution in [1.82, 2.24) is 10.2 Å². The van der Waals surface area contributed by atoms with Crippen molar-refractivity contribution in [1.29, 1.82) is 0 Å². The van der Waals surface area contributed by atoms with Gasteiger partial charge in [0.2, 0.25) is 0 Å². The van der Waals surface area contributed by atoms with Crippen molar-refractivity contribution in [2.24, 2.45) is 5.92 Å². The Morgan fingerprint density at radius 2 is 1.76 bits per heavy atom. The van der Waals surface area contributed by atoms with E-state index in [1.54, 1.807) is 0 Å². The predicted octanol–water partition coefficient (Wildman–Crippen LogP) is 2.82. The Morgan fingerprint density at radius 1 is 1.19 bits per heavy atom. The Kier molecular flexibility index (Phi) is 8.27. The highest BCUT2D eigenvalue weighted by Crippen LogP contribution is 2.41. The molecule has 1 atom stereocenters. The molecule has 1 fully saturated rings. The minimum absolute atomic E-state index is 0.0620. The standard InChI is InChI=1S/C17H34N2O2/c1-5-8-12-19(13-9-6-2)14-17(18-4,15-10-11-15)16(20)21-7-3/h15,18H,5-14H2,1-4H3. The van der Waals surface area contributed by atoms with Crippen molar-refractivity contribution < 1.29 is 9.53 Å². The van der Waals surface area contributed by atoms with Crippen LogP contribution in [0.4, 0.5) is 0 Å². The lowest BCUT2D eigenvalue weighted by Crippen LogP contribution is -2.60. The summed E-state index contributed by atoms with van der Waals surface area (Å²) >= 11 is 0. The Morgan fingerprint density at radius 3 is 2.14 bits per heavy atom. The van der Waals surface area contributed by atoms with Crippen molar-refractivity contribution in [3.63, 3.8) is 0 Å². The maximum Gasteiger partial charge on any atom is 0.327 e. The van der Waals surface area contributed by atoms with Gasteiger partial charge in [-0.1, -0.05) is 26.7 Å². The van der Waals surface area contributed by atoms with Gasteiger partial charge < -0.3 is 15.0 Å². The number of rotatable bonds is 12. The van der Waals surface area contributed by atoms with Crippen LogP contribution in [-0.2, 0) is 9.53 Å². The van der Waals surface area contributed by atoms with Crippen LogP contribution < -0.4 is 5.32 Å². The van der Waals surface area contributed by atoms with E-state index in [0.717, 1.165) is 32.5 Å². The first-order valence-corrected chi connectivity index (χ1v) is 8.73. The predicted molar refractivity (Wildman–Crippen MR) is 87.4 cm³/mol.